The molecule has 1 atom stereocenters. The molecule has 240 valence electrons. The summed E-state index contributed by atoms with van der Waals surface area (Å²) in [6.45, 7) is 3.21. The fourth-order valence-electron chi connectivity index (χ4n) is 4.29. The maximum atomic E-state index is 13.6. The minimum Gasteiger partial charge on any atom is -0.406 e. The van der Waals surface area contributed by atoms with Gasteiger partial charge in [0, 0.05) is 5.56 Å². The van der Waals surface area contributed by atoms with Gasteiger partial charge in [-0.25, -0.2) is 19.9 Å². The van der Waals surface area contributed by atoms with Crippen molar-refractivity contribution in [3.63, 3.8) is 0 Å². The van der Waals surface area contributed by atoms with Crippen LogP contribution in [-0.2, 0) is 15.8 Å². The minimum absolute atomic E-state index is 0.197. The maximum absolute atomic E-state index is 13.6. The number of benzene rings is 3. The number of nitrogens with zero attached hydrogens (tertiary/aromatic N) is 5. The summed E-state index contributed by atoms with van der Waals surface area (Å²) in [4.78, 5) is 39.2. The first kappa shape index (κ1) is 32.5. The third-order valence-electron chi connectivity index (χ3n) is 6.45. The first-order valence-electron chi connectivity index (χ1n) is 13.2. The van der Waals surface area contributed by atoms with E-state index >= 15 is 0 Å². The van der Waals surface area contributed by atoms with Gasteiger partial charge in [-0.15, -0.1) is 18.3 Å². The van der Waals surface area contributed by atoms with Crippen LogP contribution in [0.4, 0.5) is 36.8 Å². The molecule has 46 heavy (non-hydrogen) atoms. The second-order valence-electron chi connectivity index (χ2n) is 9.77. The average molecular weight is 665 g/mol. The van der Waals surface area contributed by atoms with Crippen LogP contribution < -0.4 is 15.1 Å². The van der Waals surface area contributed by atoms with Crippen molar-refractivity contribution in [2.45, 2.75) is 32.5 Å². The van der Waals surface area contributed by atoms with Gasteiger partial charge in [0.1, 0.15) is 18.2 Å². The second kappa shape index (κ2) is 12.8. The number of hydrogen-bond donors (Lipinski definition) is 1. The summed E-state index contributed by atoms with van der Waals surface area (Å²) < 4.78 is 83.4. The normalized spacial score (nSPS) is 15.3. The fourth-order valence-corrected chi connectivity index (χ4v) is 5.15. The average Bonchev–Trinajstić information content (AvgIpc) is 3.62. The minimum atomic E-state index is -4.80. The molecule has 10 nitrogen and oxygen atoms in total. The Bertz CT molecular complexity index is 1770. The van der Waals surface area contributed by atoms with Crippen molar-refractivity contribution in [2.75, 3.05) is 10.7 Å². The van der Waals surface area contributed by atoms with Crippen LogP contribution in [0.1, 0.15) is 29.7 Å². The predicted octanol–water partition coefficient (Wildman–Crippen LogP) is 7.00. The third-order valence-corrected chi connectivity index (χ3v) is 7.37. The molecule has 5 rings (SSSR count). The SMILES string of the molecule is Cc1ccc(C(F)(F)F)c(N2C(=O)CS/C2=N\C(=O)NOC(C)c2ccc(-c3ncn(-c4ccc(OC(F)(F)F)cc4)n3)cc2)c1. The summed E-state index contributed by atoms with van der Waals surface area (Å²) in [5, 5.41) is 4.12. The number of carbonyl (C=O) groups is 2. The van der Waals surface area contributed by atoms with Crippen LogP contribution in [0.5, 0.6) is 5.75 Å². The Kier molecular flexibility index (Phi) is 9.07. The van der Waals surface area contributed by atoms with E-state index in [-0.39, 0.29) is 16.7 Å². The van der Waals surface area contributed by atoms with E-state index in [1.165, 1.54) is 35.3 Å². The predicted molar refractivity (Wildman–Crippen MR) is 155 cm³/mol. The molecule has 0 saturated carbocycles. The van der Waals surface area contributed by atoms with Gasteiger partial charge in [-0.3, -0.25) is 14.5 Å². The molecule has 1 aliphatic rings. The summed E-state index contributed by atoms with van der Waals surface area (Å²) in [5.74, 6) is -0.898. The highest BCUT2D eigenvalue weighted by atomic mass is 32.2. The number of halogens is 6. The molecule has 1 aromatic heterocycles. The van der Waals surface area contributed by atoms with Crippen molar-refractivity contribution in [1.82, 2.24) is 20.2 Å². The molecule has 2 heterocycles. The molecule has 1 saturated heterocycles. The van der Waals surface area contributed by atoms with Gasteiger partial charge in [0.05, 0.1) is 22.7 Å². The molecule has 1 unspecified atom stereocenters. The van der Waals surface area contributed by atoms with Crippen LogP contribution in [0, 0.1) is 6.92 Å². The highest BCUT2D eigenvalue weighted by molar-refractivity contribution is 8.15. The monoisotopic (exact) mass is 664 g/mol. The largest absolute Gasteiger partial charge is 0.573 e. The van der Waals surface area contributed by atoms with Crippen LogP contribution >= 0.6 is 11.8 Å². The van der Waals surface area contributed by atoms with Gasteiger partial charge in [0.25, 0.3) is 0 Å². The number of urea groups is 1. The van der Waals surface area contributed by atoms with Crippen LogP contribution in [0.25, 0.3) is 17.1 Å². The fraction of sp³-hybridized carbons (Fsp3) is 0.207. The molecule has 0 bridgehead atoms. The summed E-state index contributed by atoms with van der Waals surface area (Å²) in [7, 11) is 0. The molecular weight excluding hydrogens is 642 g/mol. The molecule has 1 fully saturated rings. The highest BCUT2D eigenvalue weighted by Gasteiger charge is 2.40. The number of rotatable bonds is 7. The molecule has 0 aliphatic carbocycles. The molecular formula is C29H22F6N6O4S. The van der Waals surface area contributed by atoms with Crippen molar-refractivity contribution in [3.05, 3.63) is 89.7 Å². The van der Waals surface area contributed by atoms with Gasteiger partial charge in [0.2, 0.25) is 5.91 Å². The summed E-state index contributed by atoms with van der Waals surface area (Å²) in [5.41, 5.74) is 2.85. The number of amides is 3. The third kappa shape index (κ3) is 7.66. The molecule has 1 aliphatic heterocycles. The Balaban J connectivity index is 1.21. The lowest BCUT2D eigenvalue weighted by Crippen LogP contribution is -2.33. The van der Waals surface area contributed by atoms with E-state index in [0.29, 0.717) is 28.2 Å². The molecule has 3 aromatic carbocycles. The Morgan fingerprint density at radius 2 is 1.72 bits per heavy atom. The topological polar surface area (TPSA) is 111 Å². The number of nitrogens with one attached hydrogen (secondary N) is 1. The van der Waals surface area contributed by atoms with E-state index in [1.54, 1.807) is 38.1 Å². The number of alkyl halides is 6. The van der Waals surface area contributed by atoms with E-state index < -0.39 is 41.8 Å². The number of amidine groups is 1. The summed E-state index contributed by atoms with van der Waals surface area (Å²) in [6, 6.07) is 14.2. The molecule has 3 amide bonds. The molecule has 17 heteroatoms. The maximum Gasteiger partial charge on any atom is 0.573 e. The Hall–Kier alpha value is -4.90. The zero-order chi connectivity index (χ0) is 33.2. The first-order chi connectivity index (χ1) is 21.7. The van der Waals surface area contributed by atoms with Gasteiger partial charge in [-0.2, -0.15) is 18.2 Å². The molecule has 0 spiro atoms. The summed E-state index contributed by atoms with van der Waals surface area (Å²) >= 11 is 0.822. The van der Waals surface area contributed by atoms with Crippen molar-refractivity contribution in [3.8, 4) is 22.8 Å². The molecule has 1 N–H and O–H groups in total. The number of anilines is 1. The van der Waals surface area contributed by atoms with E-state index in [9.17, 15) is 35.9 Å². The number of aryl methyl sites for hydroxylation is 1. The van der Waals surface area contributed by atoms with Gasteiger partial charge in [0.15, 0.2) is 11.0 Å². The van der Waals surface area contributed by atoms with Gasteiger partial charge >= 0.3 is 18.6 Å². The Morgan fingerprint density at radius 3 is 2.37 bits per heavy atom. The van der Waals surface area contributed by atoms with Crippen molar-refractivity contribution >= 4 is 34.6 Å². The van der Waals surface area contributed by atoms with E-state index in [4.69, 9.17) is 4.84 Å². The van der Waals surface area contributed by atoms with Crippen molar-refractivity contribution in [1.29, 1.82) is 0 Å². The van der Waals surface area contributed by atoms with Crippen LogP contribution in [-0.4, -0.2) is 44.0 Å². The number of hydroxylamine groups is 1. The zero-order valence-electron chi connectivity index (χ0n) is 23.8. The standard InChI is InChI=1S/C29H22F6N6O4S/c1-16-3-12-22(28(30,31)32)23(13-16)41-24(42)14-46-27(41)37-26(43)39-45-17(2)18-4-6-19(7-5-18)25-36-15-40(38-25)20-8-10-21(11-9-20)44-29(33,34)35/h3-13,15,17H,14H2,1-2H3,(H,39,43)/b37-27-. The van der Waals surface area contributed by atoms with Crippen LogP contribution in [0.2, 0.25) is 0 Å². The Morgan fingerprint density at radius 1 is 1.02 bits per heavy atom. The number of ether oxygens (including phenoxy) is 1. The van der Waals surface area contributed by atoms with Gasteiger partial charge in [-0.1, -0.05) is 42.1 Å². The van der Waals surface area contributed by atoms with E-state index in [1.807, 2.05) is 0 Å². The quantitative estimate of drug-likeness (QED) is 0.167. The lowest BCUT2D eigenvalue weighted by atomic mass is 10.1. The zero-order valence-corrected chi connectivity index (χ0v) is 24.6. The number of hydrogen-bond acceptors (Lipinski definition) is 7. The molecule has 0 radical (unpaired) electrons. The van der Waals surface area contributed by atoms with E-state index in [2.05, 4.69) is 25.3 Å². The van der Waals surface area contributed by atoms with Crippen molar-refractivity contribution < 1.29 is 45.5 Å². The number of thioether (sulfide) groups is 1. The molecule has 4 aromatic rings. The van der Waals surface area contributed by atoms with Gasteiger partial charge < -0.3 is 4.74 Å². The van der Waals surface area contributed by atoms with E-state index in [0.717, 1.165) is 34.9 Å². The summed E-state index contributed by atoms with van der Waals surface area (Å²) in [6.07, 6.45) is -8.84. The lowest BCUT2D eigenvalue weighted by molar-refractivity contribution is -0.274. The highest BCUT2D eigenvalue weighted by Crippen LogP contribution is 2.40. The number of aliphatic imine (C=N–C) groups is 1. The van der Waals surface area contributed by atoms with Crippen LogP contribution in [0.15, 0.2) is 78.0 Å². The Labute approximate surface area is 261 Å². The van der Waals surface area contributed by atoms with Crippen molar-refractivity contribution in [2.24, 2.45) is 4.99 Å². The van der Waals surface area contributed by atoms with Gasteiger partial charge in [-0.05, 0) is 61.4 Å². The smallest absolute Gasteiger partial charge is 0.406 e. The van der Waals surface area contributed by atoms with Crippen LogP contribution in [0.3, 0.4) is 0 Å². The number of aromatic nitrogens is 3. The first-order valence-corrected chi connectivity index (χ1v) is 14.2. The lowest BCUT2D eigenvalue weighted by Gasteiger charge is -2.21. The second-order valence-corrected chi connectivity index (χ2v) is 10.7. The number of carbonyl (C=O) groups excluding carboxylic acids is 2.